The van der Waals surface area contributed by atoms with E-state index in [1.165, 1.54) is 0 Å². The van der Waals surface area contributed by atoms with Crippen molar-refractivity contribution in [3.63, 3.8) is 0 Å². The fourth-order valence-corrected chi connectivity index (χ4v) is 3.06. The number of carboxylic acid groups (broad SMARTS) is 1. The normalized spacial score (nSPS) is 11.5. The van der Waals surface area contributed by atoms with Gasteiger partial charge >= 0.3 is 5.97 Å². The average molecular weight is 364 g/mol. The van der Waals surface area contributed by atoms with E-state index in [9.17, 15) is 13.2 Å². The second-order valence-electron chi connectivity index (χ2n) is 4.51. The van der Waals surface area contributed by atoms with Gasteiger partial charge in [-0.2, -0.15) is 0 Å². The van der Waals surface area contributed by atoms with Crippen LogP contribution in [0.2, 0.25) is 0 Å². The van der Waals surface area contributed by atoms with Crippen LogP contribution in [0.25, 0.3) is 0 Å². The van der Waals surface area contributed by atoms with Crippen molar-refractivity contribution < 1.29 is 18.3 Å². The third-order valence-corrected chi connectivity index (χ3v) is 5.15. The molecule has 0 aliphatic rings. The molecule has 20 heavy (non-hydrogen) atoms. The highest BCUT2D eigenvalue weighted by Crippen LogP contribution is 2.19. The lowest BCUT2D eigenvalue weighted by molar-refractivity contribution is -0.137. The summed E-state index contributed by atoms with van der Waals surface area (Å²) in [6, 6.07) is 4.86. The Morgan fingerprint density at radius 1 is 1.30 bits per heavy atom. The van der Waals surface area contributed by atoms with Crippen molar-refractivity contribution in [2.75, 3.05) is 6.54 Å². The smallest absolute Gasteiger partial charge is 0.303 e. The number of benzene rings is 1. The van der Waals surface area contributed by atoms with Crippen molar-refractivity contribution >= 4 is 31.9 Å². The summed E-state index contributed by atoms with van der Waals surface area (Å²) in [7, 11) is -3.49. The van der Waals surface area contributed by atoms with Gasteiger partial charge in [-0.25, -0.2) is 13.1 Å². The first kappa shape index (κ1) is 17.1. The van der Waals surface area contributed by atoms with Crippen LogP contribution in [0.1, 0.15) is 31.2 Å². The zero-order valence-corrected chi connectivity index (χ0v) is 13.6. The van der Waals surface area contributed by atoms with Crippen molar-refractivity contribution in [1.82, 2.24) is 4.72 Å². The molecule has 0 saturated carbocycles. The second kappa shape index (κ2) is 7.75. The molecule has 0 atom stereocenters. The van der Waals surface area contributed by atoms with Gasteiger partial charge in [-0.1, -0.05) is 22.4 Å². The number of aryl methyl sites for hydroxylation is 1. The van der Waals surface area contributed by atoms with Gasteiger partial charge in [0, 0.05) is 17.4 Å². The van der Waals surface area contributed by atoms with E-state index in [0.717, 1.165) is 10.0 Å². The number of unbranched alkanes of at least 4 members (excludes halogenated alkanes) is 2. The number of hydrogen-bond acceptors (Lipinski definition) is 3. The highest BCUT2D eigenvalue weighted by atomic mass is 79.9. The maximum absolute atomic E-state index is 12.0. The van der Waals surface area contributed by atoms with Gasteiger partial charge in [0.2, 0.25) is 10.0 Å². The molecule has 0 radical (unpaired) electrons. The summed E-state index contributed by atoms with van der Waals surface area (Å²) in [4.78, 5) is 10.6. The van der Waals surface area contributed by atoms with Crippen LogP contribution in [0.4, 0.5) is 0 Å². The Bertz CT molecular complexity index is 572. The maximum atomic E-state index is 12.0. The first-order valence-corrected chi connectivity index (χ1v) is 8.58. The van der Waals surface area contributed by atoms with Gasteiger partial charge in [0.25, 0.3) is 0 Å². The molecule has 0 bridgehead atoms. The quantitative estimate of drug-likeness (QED) is 0.695. The SMILES string of the molecule is Cc1cc(S(=O)(=O)NCCCCCC(=O)O)ccc1Br. The molecule has 1 aromatic carbocycles. The van der Waals surface area contributed by atoms with Crippen molar-refractivity contribution in [3.05, 3.63) is 28.2 Å². The Morgan fingerprint density at radius 2 is 2.00 bits per heavy atom. The molecular weight excluding hydrogens is 346 g/mol. The summed E-state index contributed by atoms with van der Waals surface area (Å²) in [6.45, 7) is 2.14. The Hall–Kier alpha value is -0.920. The van der Waals surface area contributed by atoms with Gasteiger partial charge in [0.1, 0.15) is 0 Å². The largest absolute Gasteiger partial charge is 0.481 e. The number of sulfonamides is 1. The molecular formula is C13H18BrNO4S. The molecule has 0 aliphatic heterocycles. The first-order chi connectivity index (χ1) is 9.33. The monoisotopic (exact) mass is 363 g/mol. The number of aliphatic carboxylic acids is 1. The van der Waals surface area contributed by atoms with E-state index >= 15 is 0 Å². The Morgan fingerprint density at radius 3 is 2.60 bits per heavy atom. The fourth-order valence-electron chi connectivity index (χ4n) is 1.65. The van der Waals surface area contributed by atoms with Gasteiger partial charge < -0.3 is 5.11 Å². The van der Waals surface area contributed by atoms with Crippen LogP contribution >= 0.6 is 15.9 Å². The van der Waals surface area contributed by atoms with Gasteiger partial charge in [-0.05, 0) is 43.5 Å². The van der Waals surface area contributed by atoms with Crippen molar-refractivity contribution in [2.45, 2.75) is 37.5 Å². The molecule has 0 aliphatic carbocycles. The zero-order chi connectivity index (χ0) is 15.2. The Labute approximate surface area is 127 Å². The molecule has 0 spiro atoms. The van der Waals surface area contributed by atoms with Crippen molar-refractivity contribution in [3.8, 4) is 0 Å². The molecule has 0 amide bonds. The Balaban J connectivity index is 2.45. The van der Waals surface area contributed by atoms with Gasteiger partial charge in [-0.3, -0.25) is 4.79 Å². The molecule has 1 rings (SSSR count). The van der Waals surface area contributed by atoms with Gasteiger partial charge in [0.15, 0.2) is 0 Å². The highest BCUT2D eigenvalue weighted by Gasteiger charge is 2.13. The van der Waals surface area contributed by atoms with Crippen LogP contribution in [0, 0.1) is 6.92 Å². The maximum Gasteiger partial charge on any atom is 0.303 e. The molecule has 0 saturated heterocycles. The molecule has 112 valence electrons. The van der Waals surface area contributed by atoms with Crippen LogP contribution in [-0.2, 0) is 14.8 Å². The van der Waals surface area contributed by atoms with Crippen molar-refractivity contribution in [2.24, 2.45) is 0 Å². The number of halogens is 1. The van der Waals surface area contributed by atoms with E-state index in [0.29, 0.717) is 25.8 Å². The minimum absolute atomic E-state index is 0.124. The topological polar surface area (TPSA) is 83.5 Å². The predicted molar refractivity (Wildman–Crippen MR) is 80.2 cm³/mol. The van der Waals surface area contributed by atoms with Crippen LogP contribution in [0.3, 0.4) is 0 Å². The molecule has 2 N–H and O–H groups in total. The highest BCUT2D eigenvalue weighted by molar-refractivity contribution is 9.10. The minimum atomic E-state index is -3.49. The Kier molecular flexibility index (Phi) is 6.64. The van der Waals surface area contributed by atoms with Gasteiger partial charge in [0.05, 0.1) is 4.90 Å². The van der Waals surface area contributed by atoms with E-state index < -0.39 is 16.0 Å². The van der Waals surface area contributed by atoms with Crippen LogP contribution in [0.5, 0.6) is 0 Å². The summed E-state index contributed by atoms with van der Waals surface area (Å²) in [5.74, 6) is -0.823. The third-order valence-electron chi connectivity index (χ3n) is 2.80. The van der Waals surface area contributed by atoms with E-state index in [1.807, 2.05) is 6.92 Å². The van der Waals surface area contributed by atoms with E-state index in [-0.39, 0.29) is 11.3 Å². The van der Waals surface area contributed by atoms with E-state index in [2.05, 4.69) is 20.7 Å². The number of carbonyl (C=O) groups is 1. The fraction of sp³-hybridized carbons (Fsp3) is 0.462. The summed E-state index contributed by atoms with van der Waals surface area (Å²) in [6.07, 6.45) is 2.00. The second-order valence-corrected chi connectivity index (χ2v) is 7.13. The third kappa shape index (κ3) is 5.60. The summed E-state index contributed by atoms with van der Waals surface area (Å²) < 4.78 is 27.4. The van der Waals surface area contributed by atoms with Crippen LogP contribution < -0.4 is 4.72 Å². The summed E-state index contributed by atoms with van der Waals surface area (Å²) in [5.41, 5.74) is 0.856. The molecule has 0 unspecified atom stereocenters. The standard InChI is InChI=1S/C13H18BrNO4S/c1-10-9-11(6-7-12(10)14)20(18,19)15-8-4-2-3-5-13(16)17/h6-7,9,15H,2-5,8H2,1H3,(H,16,17). The number of carboxylic acids is 1. The molecule has 1 aromatic rings. The summed E-state index contributed by atoms with van der Waals surface area (Å²) >= 11 is 3.33. The number of nitrogens with one attached hydrogen (secondary N) is 1. The molecule has 0 heterocycles. The number of hydrogen-bond donors (Lipinski definition) is 2. The van der Waals surface area contributed by atoms with Crippen LogP contribution in [0.15, 0.2) is 27.6 Å². The van der Waals surface area contributed by atoms with Gasteiger partial charge in [-0.15, -0.1) is 0 Å². The van der Waals surface area contributed by atoms with E-state index in [4.69, 9.17) is 5.11 Å². The summed E-state index contributed by atoms with van der Waals surface area (Å²) in [5, 5.41) is 8.48. The molecule has 0 fully saturated rings. The van der Waals surface area contributed by atoms with Crippen LogP contribution in [-0.4, -0.2) is 26.0 Å². The van der Waals surface area contributed by atoms with E-state index in [1.54, 1.807) is 18.2 Å². The minimum Gasteiger partial charge on any atom is -0.481 e. The first-order valence-electron chi connectivity index (χ1n) is 6.30. The molecule has 0 aromatic heterocycles. The lowest BCUT2D eigenvalue weighted by Gasteiger charge is -2.08. The molecule has 7 heteroatoms. The number of rotatable bonds is 8. The lowest BCUT2D eigenvalue weighted by Crippen LogP contribution is -2.24. The predicted octanol–water partition coefficient (Wildman–Crippen LogP) is 2.68. The average Bonchev–Trinajstić information content (AvgIpc) is 2.36. The lowest BCUT2D eigenvalue weighted by atomic mass is 10.2. The zero-order valence-electron chi connectivity index (χ0n) is 11.2. The van der Waals surface area contributed by atoms with Crippen molar-refractivity contribution in [1.29, 1.82) is 0 Å². The molecule has 5 nitrogen and oxygen atoms in total.